The van der Waals surface area contributed by atoms with Crippen molar-refractivity contribution < 1.29 is 27.8 Å². The molecule has 2 amide bonds. The third-order valence-corrected chi connectivity index (χ3v) is 6.27. The zero-order valence-electron chi connectivity index (χ0n) is 21.8. The van der Waals surface area contributed by atoms with Crippen molar-refractivity contribution in [2.45, 2.75) is 13.0 Å². The van der Waals surface area contributed by atoms with E-state index in [1.165, 1.54) is 43.3 Å². The first-order valence-electron chi connectivity index (χ1n) is 11.6. The van der Waals surface area contributed by atoms with Gasteiger partial charge in [-0.3, -0.25) is 9.59 Å². The lowest BCUT2D eigenvalue weighted by Gasteiger charge is -2.26. The Balaban J connectivity index is 2.05. The number of hydrogen-bond acceptors (Lipinski definition) is 8. The number of ether oxygens (including phenoxy) is 2. The Morgan fingerprint density at radius 2 is 1.77 bits per heavy atom. The summed E-state index contributed by atoms with van der Waals surface area (Å²) in [4.78, 5) is 35.2. The van der Waals surface area contributed by atoms with Crippen LogP contribution in [-0.4, -0.2) is 56.5 Å². The molecule has 0 saturated carbocycles. The number of para-hydroxylation sites is 2. The zero-order valence-corrected chi connectivity index (χ0v) is 23.3. The SMILES string of the molecule is C=CC(=O)Nc1ccccc1Nc1ncc(CN(C=O)c2c(Cl)c(OC)cc(OC)c2Cl)c(N(C)CC(F)F)n1. The summed E-state index contributed by atoms with van der Waals surface area (Å²) in [6.07, 6.45) is 0.308. The van der Waals surface area contributed by atoms with Gasteiger partial charge in [-0.05, 0) is 18.2 Å². The number of aromatic nitrogens is 2. The normalized spacial score (nSPS) is 10.6. The first kappa shape index (κ1) is 30.4. The minimum Gasteiger partial charge on any atom is -0.495 e. The highest BCUT2D eigenvalue weighted by Crippen LogP contribution is 2.46. The largest absolute Gasteiger partial charge is 0.495 e. The van der Waals surface area contributed by atoms with Crippen LogP contribution in [-0.2, 0) is 16.1 Å². The minimum absolute atomic E-state index is 0.0419. The summed E-state index contributed by atoms with van der Waals surface area (Å²) in [6.45, 7) is 2.60. The Bertz CT molecular complexity index is 1370. The van der Waals surface area contributed by atoms with Crippen molar-refractivity contribution in [3.05, 3.63) is 64.8 Å². The van der Waals surface area contributed by atoms with Gasteiger partial charge in [0.15, 0.2) is 0 Å². The van der Waals surface area contributed by atoms with Crippen LogP contribution < -0.4 is 29.9 Å². The van der Waals surface area contributed by atoms with E-state index in [0.717, 1.165) is 6.08 Å². The van der Waals surface area contributed by atoms with E-state index in [-0.39, 0.29) is 45.5 Å². The predicted molar refractivity (Wildman–Crippen MR) is 152 cm³/mol. The van der Waals surface area contributed by atoms with Gasteiger partial charge in [-0.1, -0.05) is 41.9 Å². The number of rotatable bonds is 13. The van der Waals surface area contributed by atoms with Crippen LogP contribution in [0.3, 0.4) is 0 Å². The van der Waals surface area contributed by atoms with Gasteiger partial charge < -0.3 is 29.9 Å². The Hall–Kier alpha value is -4.16. The molecule has 1 heterocycles. The van der Waals surface area contributed by atoms with Crippen LogP contribution >= 0.6 is 23.2 Å². The number of benzene rings is 2. The van der Waals surface area contributed by atoms with Gasteiger partial charge >= 0.3 is 0 Å². The van der Waals surface area contributed by atoms with Crippen LogP contribution in [0, 0.1) is 0 Å². The van der Waals surface area contributed by atoms with Gasteiger partial charge in [0.1, 0.15) is 27.4 Å². The second kappa shape index (κ2) is 13.8. The monoisotopic (exact) mass is 594 g/mol. The van der Waals surface area contributed by atoms with E-state index in [1.807, 2.05) is 0 Å². The molecule has 0 unspecified atom stereocenters. The van der Waals surface area contributed by atoms with Crippen LogP contribution in [0.2, 0.25) is 10.0 Å². The van der Waals surface area contributed by atoms with Crippen molar-refractivity contribution in [3.63, 3.8) is 0 Å². The van der Waals surface area contributed by atoms with E-state index in [4.69, 9.17) is 32.7 Å². The van der Waals surface area contributed by atoms with Gasteiger partial charge in [-0.15, -0.1) is 0 Å². The summed E-state index contributed by atoms with van der Waals surface area (Å²) in [6, 6.07) is 8.24. The maximum absolute atomic E-state index is 13.3. The number of hydrogen-bond donors (Lipinski definition) is 2. The molecule has 0 atom stereocenters. The quantitative estimate of drug-likeness (QED) is 0.196. The molecule has 0 radical (unpaired) electrons. The maximum atomic E-state index is 13.3. The third kappa shape index (κ3) is 7.07. The number of halogens is 4. The van der Waals surface area contributed by atoms with E-state index in [1.54, 1.807) is 24.3 Å². The van der Waals surface area contributed by atoms with Crippen molar-refractivity contribution in [3.8, 4) is 11.5 Å². The summed E-state index contributed by atoms with van der Waals surface area (Å²) in [5.74, 6) is 0.148. The molecule has 0 saturated heterocycles. The molecule has 2 aromatic carbocycles. The number of methoxy groups -OCH3 is 2. The molecule has 0 aliphatic rings. The van der Waals surface area contributed by atoms with Gasteiger partial charge in [0.05, 0.1) is 44.4 Å². The molecule has 1 aromatic heterocycles. The molecule has 14 heteroatoms. The molecule has 212 valence electrons. The second-order valence-electron chi connectivity index (χ2n) is 8.17. The van der Waals surface area contributed by atoms with Crippen LogP contribution in [0.15, 0.2) is 49.2 Å². The van der Waals surface area contributed by atoms with Gasteiger partial charge in [-0.2, -0.15) is 4.98 Å². The molecule has 0 aliphatic heterocycles. The molecule has 40 heavy (non-hydrogen) atoms. The van der Waals surface area contributed by atoms with Crippen molar-refractivity contribution in [1.29, 1.82) is 0 Å². The zero-order chi connectivity index (χ0) is 29.4. The molecular formula is C26H26Cl2F2N6O4. The molecular weight excluding hydrogens is 569 g/mol. The van der Waals surface area contributed by atoms with Crippen LogP contribution in [0.1, 0.15) is 5.56 Å². The topological polar surface area (TPSA) is 109 Å². The Morgan fingerprint density at radius 3 is 2.33 bits per heavy atom. The molecule has 0 aliphatic carbocycles. The molecule has 10 nitrogen and oxygen atoms in total. The average Bonchev–Trinajstić information content (AvgIpc) is 2.93. The summed E-state index contributed by atoms with van der Waals surface area (Å²) in [5.41, 5.74) is 1.27. The van der Waals surface area contributed by atoms with E-state index < -0.39 is 18.9 Å². The summed E-state index contributed by atoms with van der Waals surface area (Å²) < 4.78 is 37.2. The second-order valence-corrected chi connectivity index (χ2v) is 8.92. The number of carbonyl (C=O) groups is 2. The lowest BCUT2D eigenvalue weighted by Crippen LogP contribution is -2.29. The third-order valence-electron chi connectivity index (χ3n) is 5.54. The van der Waals surface area contributed by atoms with Gasteiger partial charge in [0, 0.05) is 24.9 Å². The number of nitrogens with zero attached hydrogens (tertiary/aromatic N) is 4. The highest BCUT2D eigenvalue weighted by Gasteiger charge is 2.25. The van der Waals surface area contributed by atoms with Crippen LogP contribution in [0.4, 0.5) is 37.6 Å². The van der Waals surface area contributed by atoms with Crippen molar-refractivity contribution in [2.75, 3.05) is 48.2 Å². The van der Waals surface area contributed by atoms with E-state index in [9.17, 15) is 18.4 Å². The number of alkyl halides is 2. The van der Waals surface area contributed by atoms with Crippen LogP contribution in [0.25, 0.3) is 0 Å². The average molecular weight is 595 g/mol. The summed E-state index contributed by atoms with van der Waals surface area (Å²) in [7, 11) is 4.21. The molecule has 0 fully saturated rings. The minimum atomic E-state index is -2.67. The Labute approximate surface area is 239 Å². The number of amides is 2. The Kier molecular flexibility index (Phi) is 10.5. The van der Waals surface area contributed by atoms with Gasteiger partial charge in [0.2, 0.25) is 18.3 Å². The highest BCUT2D eigenvalue weighted by atomic mass is 35.5. The molecule has 3 aromatic rings. The standard InChI is InChI=1S/C26H26Cl2F2N6O4/c1-5-21(38)32-16-8-6-7-9-17(16)33-26-31-11-15(25(34-26)35(2)13-20(29)30)12-36(14-37)24-22(27)18(39-3)10-19(40-4)23(24)28/h5-11,14,20H,1,12-13H2,2-4H3,(H,32,38)(H,31,33,34). The molecule has 3 rings (SSSR count). The highest BCUT2D eigenvalue weighted by molar-refractivity contribution is 6.41. The first-order chi connectivity index (χ1) is 19.1. The van der Waals surface area contributed by atoms with Gasteiger partial charge in [-0.25, -0.2) is 13.8 Å². The Morgan fingerprint density at radius 1 is 1.15 bits per heavy atom. The fourth-order valence-corrected chi connectivity index (χ4v) is 4.39. The number of nitrogens with one attached hydrogen (secondary N) is 2. The smallest absolute Gasteiger partial charge is 0.255 e. The van der Waals surface area contributed by atoms with Gasteiger partial charge in [0.25, 0.3) is 6.43 Å². The number of carbonyl (C=O) groups excluding carboxylic acids is 2. The van der Waals surface area contributed by atoms with Crippen molar-refractivity contribution in [1.82, 2.24) is 9.97 Å². The maximum Gasteiger partial charge on any atom is 0.255 e. The molecule has 0 bridgehead atoms. The summed E-state index contributed by atoms with van der Waals surface area (Å²) in [5, 5.41) is 5.73. The fraction of sp³-hybridized carbons (Fsp3) is 0.231. The van der Waals surface area contributed by atoms with E-state index in [2.05, 4.69) is 27.2 Å². The fourth-order valence-electron chi connectivity index (χ4n) is 3.68. The van der Waals surface area contributed by atoms with Crippen LogP contribution in [0.5, 0.6) is 11.5 Å². The lowest BCUT2D eigenvalue weighted by molar-refractivity contribution is -0.112. The number of anilines is 5. The van der Waals surface area contributed by atoms with E-state index in [0.29, 0.717) is 23.3 Å². The molecule has 0 spiro atoms. The lowest BCUT2D eigenvalue weighted by atomic mass is 10.2. The van der Waals surface area contributed by atoms with E-state index >= 15 is 0 Å². The van der Waals surface area contributed by atoms with Crippen molar-refractivity contribution >= 4 is 64.3 Å². The first-order valence-corrected chi connectivity index (χ1v) is 12.4. The summed E-state index contributed by atoms with van der Waals surface area (Å²) >= 11 is 13.0. The molecule has 2 N–H and O–H groups in total. The predicted octanol–water partition coefficient (Wildman–Crippen LogP) is 5.53. The van der Waals surface area contributed by atoms with Crippen molar-refractivity contribution in [2.24, 2.45) is 0 Å².